The molecule has 0 saturated heterocycles. The molecule has 0 radical (unpaired) electrons. The monoisotopic (exact) mass is 307 g/mol. The average molecular weight is 307 g/mol. The van der Waals surface area contributed by atoms with Gasteiger partial charge in [0.05, 0.1) is 18.5 Å². The minimum Gasteiger partial charge on any atom is -0.497 e. The van der Waals surface area contributed by atoms with E-state index in [9.17, 15) is 4.79 Å². The molecule has 0 heterocycles. The average Bonchev–Trinajstić information content (AvgIpc) is 2.59. The number of rotatable bonds is 4. The van der Waals surface area contributed by atoms with E-state index in [1.165, 1.54) is 12.0 Å². The standard InChI is InChI=1S/C19H17NO3/c1-14(21)23-20(17-9-11-19(22-2)12-10-17)18-8-7-15-5-3-4-6-16(15)13-18/h3-13H,1-2H3. The van der Waals surface area contributed by atoms with Gasteiger partial charge in [-0.2, -0.15) is 5.06 Å². The Hall–Kier alpha value is -3.01. The minimum atomic E-state index is -0.381. The fourth-order valence-corrected chi connectivity index (χ4v) is 2.40. The molecule has 0 fully saturated rings. The van der Waals surface area contributed by atoms with Gasteiger partial charge in [0.25, 0.3) is 0 Å². The van der Waals surface area contributed by atoms with Gasteiger partial charge in [0, 0.05) is 6.92 Å². The number of nitrogens with zero attached hydrogens (tertiary/aromatic N) is 1. The van der Waals surface area contributed by atoms with Gasteiger partial charge in [-0.3, -0.25) is 0 Å². The lowest BCUT2D eigenvalue weighted by molar-refractivity contribution is -0.141. The molecule has 0 aromatic heterocycles. The van der Waals surface area contributed by atoms with Crippen molar-refractivity contribution in [2.75, 3.05) is 12.2 Å². The molecule has 23 heavy (non-hydrogen) atoms. The van der Waals surface area contributed by atoms with Crippen LogP contribution in [-0.4, -0.2) is 13.1 Å². The summed E-state index contributed by atoms with van der Waals surface area (Å²) in [6, 6.07) is 21.3. The van der Waals surface area contributed by atoms with Gasteiger partial charge in [0.2, 0.25) is 0 Å². The highest BCUT2D eigenvalue weighted by Gasteiger charge is 2.13. The molecule has 0 saturated carbocycles. The molecule has 4 nitrogen and oxygen atoms in total. The highest BCUT2D eigenvalue weighted by Crippen LogP contribution is 2.30. The number of ether oxygens (including phenoxy) is 1. The van der Waals surface area contributed by atoms with Gasteiger partial charge in [-0.15, -0.1) is 0 Å². The summed E-state index contributed by atoms with van der Waals surface area (Å²) in [5.41, 5.74) is 1.53. The van der Waals surface area contributed by atoms with Crippen molar-refractivity contribution in [3.63, 3.8) is 0 Å². The van der Waals surface area contributed by atoms with Gasteiger partial charge >= 0.3 is 5.97 Å². The quantitative estimate of drug-likeness (QED) is 0.667. The molecule has 3 aromatic carbocycles. The van der Waals surface area contributed by atoms with Crippen LogP contribution >= 0.6 is 0 Å². The number of carbonyl (C=O) groups excluding carboxylic acids is 1. The van der Waals surface area contributed by atoms with Crippen molar-refractivity contribution in [1.29, 1.82) is 0 Å². The first-order chi connectivity index (χ1) is 11.2. The van der Waals surface area contributed by atoms with E-state index >= 15 is 0 Å². The molecular weight excluding hydrogens is 290 g/mol. The molecule has 3 rings (SSSR count). The van der Waals surface area contributed by atoms with E-state index in [0.717, 1.165) is 27.9 Å². The van der Waals surface area contributed by atoms with Crippen LogP contribution in [0.2, 0.25) is 0 Å². The number of anilines is 2. The highest BCUT2D eigenvalue weighted by atomic mass is 16.7. The van der Waals surface area contributed by atoms with Crippen LogP contribution in [0.15, 0.2) is 66.7 Å². The van der Waals surface area contributed by atoms with Crippen LogP contribution in [0.25, 0.3) is 10.8 Å². The maximum absolute atomic E-state index is 11.5. The van der Waals surface area contributed by atoms with Crippen LogP contribution in [-0.2, 0) is 9.63 Å². The number of fused-ring (bicyclic) bond motifs is 1. The molecular formula is C19H17NO3. The third-order valence-electron chi connectivity index (χ3n) is 3.49. The molecule has 0 amide bonds. The van der Waals surface area contributed by atoms with E-state index in [1.807, 2.05) is 66.7 Å². The number of carbonyl (C=O) groups is 1. The van der Waals surface area contributed by atoms with E-state index in [0.29, 0.717) is 0 Å². The minimum absolute atomic E-state index is 0.381. The van der Waals surface area contributed by atoms with Gasteiger partial charge in [0.1, 0.15) is 5.75 Å². The SMILES string of the molecule is COc1ccc(N(OC(C)=O)c2ccc3ccccc3c2)cc1. The first-order valence-electron chi connectivity index (χ1n) is 7.29. The highest BCUT2D eigenvalue weighted by molar-refractivity contribution is 5.87. The normalized spacial score (nSPS) is 10.3. The van der Waals surface area contributed by atoms with E-state index in [4.69, 9.17) is 9.57 Å². The lowest BCUT2D eigenvalue weighted by Crippen LogP contribution is -2.20. The molecule has 0 unspecified atom stereocenters. The van der Waals surface area contributed by atoms with Crippen LogP contribution < -0.4 is 9.80 Å². The van der Waals surface area contributed by atoms with Crippen LogP contribution in [0, 0.1) is 0 Å². The number of hydrogen-bond donors (Lipinski definition) is 0. The smallest absolute Gasteiger partial charge is 0.329 e. The van der Waals surface area contributed by atoms with Crippen molar-refractivity contribution in [2.24, 2.45) is 0 Å². The molecule has 0 bridgehead atoms. The van der Waals surface area contributed by atoms with E-state index in [1.54, 1.807) is 7.11 Å². The fourth-order valence-electron chi connectivity index (χ4n) is 2.40. The summed E-state index contributed by atoms with van der Waals surface area (Å²) in [5, 5.41) is 3.73. The summed E-state index contributed by atoms with van der Waals surface area (Å²) in [7, 11) is 1.61. The molecule has 3 aromatic rings. The molecule has 0 aliphatic rings. The van der Waals surface area contributed by atoms with Gasteiger partial charge in [-0.25, -0.2) is 4.79 Å². The molecule has 0 N–H and O–H groups in total. The summed E-state index contributed by atoms with van der Waals surface area (Å²) >= 11 is 0. The number of benzene rings is 3. The summed E-state index contributed by atoms with van der Waals surface area (Å²) in [4.78, 5) is 16.9. The zero-order chi connectivity index (χ0) is 16.2. The van der Waals surface area contributed by atoms with Gasteiger partial charge in [0.15, 0.2) is 0 Å². The van der Waals surface area contributed by atoms with Crippen molar-refractivity contribution in [1.82, 2.24) is 0 Å². The Labute approximate surface area is 134 Å². The van der Waals surface area contributed by atoms with Crippen LogP contribution in [0.3, 0.4) is 0 Å². The summed E-state index contributed by atoms with van der Waals surface area (Å²) < 4.78 is 5.17. The molecule has 116 valence electrons. The van der Waals surface area contributed by atoms with E-state index in [2.05, 4.69) is 0 Å². The number of hydrogen-bond acceptors (Lipinski definition) is 4. The maximum Gasteiger partial charge on any atom is 0.329 e. The largest absolute Gasteiger partial charge is 0.497 e. The first-order valence-corrected chi connectivity index (χ1v) is 7.29. The Bertz CT molecular complexity index is 827. The molecule has 4 heteroatoms. The van der Waals surface area contributed by atoms with Crippen molar-refractivity contribution in [2.45, 2.75) is 6.92 Å². The van der Waals surface area contributed by atoms with Crippen LogP contribution in [0.1, 0.15) is 6.92 Å². The molecule has 0 atom stereocenters. The summed E-state index contributed by atoms with van der Waals surface area (Å²) in [6.07, 6.45) is 0. The lowest BCUT2D eigenvalue weighted by atomic mass is 10.1. The van der Waals surface area contributed by atoms with Gasteiger partial charge < -0.3 is 9.57 Å². The second kappa shape index (κ2) is 6.40. The van der Waals surface area contributed by atoms with Gasteiger partial charge in [-0.05, 0) is 47.2 Å². The van der Waals surface area contributed by atoms with Gasteiger partial charge in [-0.1, -0.05) is 30.3 Å². The van der Waals surface area contributed by atoms with Crippen molar-refractivity contribution in [3.05, 3.63) is 66.7 Å². The Balaban J connectivity index is 2.03. The predicted octanol–water partition coefficient (Wildman–Crippen LogP) is 4.46. The Kier molecular flexibility index (Phi) is 4.15. The maximum atomic E-state index is 11.5. The zero-order valence-electron chi connectivity index (χ0n) is 13.0. The molecule has 0 aliphatic heterocycles. The van der Waals surface area contributed by atoms with Crippen LogP contribution in [0.5, 0.6) is 5.75 Å². The predicted molar refractivity (Wildman–Crippen MR) is 90.8 cm³/mol. The first kappa shape index (κ1) is 14.9. The molecule has 0 spiro atoms. The molecule has 0 aliphatic carbocycles. The van der Waals surface area contributed by atoms with Crippen molar-refractivity contribution in [3.8, 4) is 5.75 Å². The fraction of sp³-hybridized carbons (Fsp3) is 0.105. The Morgan fingerprint density at radius 3 is 2.17 bits per heavy atom. The Morgan fingerprint density at radius 2 is 1.52 bits per heavy atom. The van der Waals surface area contributed by atoms with Crippen molar-refractivity contribution < 1.29 is 14.4 Å². The third-order valence-corrected chi connectivity index (χ3v) is 3.49. The topological polar surface area (TPSA) is 38.8 Å². The van der Waals surface area contributed by atoms with E-state index < -0.39 is 0 Å². The second-order valence-corrected chi connectivity index (χ2v) is 5.11. The van der Waals surface area contributed by atoms with Crippen molar-refractivity contribution >= 4 is 28.1 Å². The van der Waals surface area contributed by atoms with Crippen LogP contribution in [0.4, 0.5) is 11.4 Å². The number of methoxy groups -OCH3 is 1. The summed E-state index contributed by atoms with van der Waals surface area (Å²) in [5.74, 6) is 0.365. The van der Waals surface area contributed by atoms with E-state index in [-0.39, 0.29) is 5.97 Å². The Morgan fingerprint density at radius 1 is 0.870 bits per heavy atom. The third kappa shape index (κ3) is 3.26. The zero-order valence-corrected chi connectivity index (χ0v) is 13.0. The second-order valence-electron chi connectivity index (χ2n) is 5.11. The lowest BCUT2D eigenvalue weighted by Gasteiger charge is -2.23. The summed E-state index contributed by atoms with van der Waals surface area (Å²) in [6.45, 7) is 1.39.